The first-order chi connectivity index (χ1) is 10.6. The zero-order valence-corrected chi connectivity index (χ0v) is 12.0. The molecule has 1 N–H and O–H groups in total. The Hall–Kier alpha value is -2.27. The molecule has 1 aliphatic heterocycles. The van der Waals surface area contributed by atoms with Crippen LogP contribution in [0.1, 0.15) is 22.3 Å². The van der Waals surface area contributed by atoms with Crippen LogP contribution in [-0.4, -0.2) is 39.6 Å². The van der Waals surface area contributed by atoms with Gasteiger partial charge < -0.3 is 10.0 Å². The fraction of sp³-hybridized carbons (Fsp3) is 0.294. The summed E-state index contributed by atoms with van der Waals surface area (Å²) in [6.45, 7) is 0.478. The molecule has 0 saturated carbocycles. The molecule has 5 heteroatoms. The molecule has 1 aromatic carbocycles. The molecule has 0 spiro atoms. The molecule has 0 aliphatic carbocycles. The summed E-state index contributed by atoms with van der Waals surface area (Å²) in [7, 11) is 0. The van der Waals surface area contributed by atoms with Crippen LogP contribution < -0.4 is 0 Å². The van der Waals surface area contributed by atoms with Gasteiger partial charge >= 0.3 is 0 Å². The number of likely N-dealkylation sites (tertiary alicyclic amines) is 1. The predicted octanol–water partition coefficient (Wildman–Crippen LogP) is 2.04. The van der Waals surface area contributed by atoms with Gasteiger partial charge in [-0.05, 0) is 48.7 Å². The summed E-state index contributed by atoms with van der Waals surface area (Å²) in [6, 6.07) is 9.11. The highest BCUT2D eigenvalue weighted by atomic mass is 19.1. The van der Waals surface area contributed by atoms with Crippen molar-refractivity contribution >= 4 is 5.91 Å². The number of aliphatic hydroxyl groups is 1. The predicted molar refractivity (Wildman–Crippen MR) is 79.8 cm³/mol. The van der Waals surface area contributed by atoms with Gasteiger partial charge in [0.05, 0.1) is 12.1 Å². The second kappa shape index (κ2) is 6.23. The SMILES string of the molecule is O=C(c1cccc(F)c1)N1CC[C@@H](O)[C@H]1Cc1ccncc1. The molecule has 1 fully saturated rings. The van der Waals surface area contributed by atoms with Crippen LogP contribution in [0.3, 0.4) is 0 Å². The molecule has 1 aromatic heterocycles. The first-order valence-corrected chi connectivity index (χ1v) is 7.28. The first kappa shape index (κ1) is 14.7. The van der Waals surface area contributed by atoms with Crippen molar-refractivity contribution in [2.24, 2.45) is 0 Å². The van der Waals surface area contributed by atoms with Gasteiger partial charge in [-0.1, -0.05) is 6.07 Å². The number of hydrogen-bond acceptors (Lipinski definition) is 3. The maximum absolute atomic E-state index is 13.3. The zero-order chi connectivity index (χ0) is 15.5. The van der Waals surface area contributed by atoms with Crippen LogP contribution in [0, 0.1) is 5.82 Å². The highest BCUT2D eigenvalue weighted by molar-refractivity contribution is 5.94. The Labute approximate surface area is 128 Å². The second-order valence-electron chi connectivity index (χ2n) is 5.49. The lowest BCUT2D eigenvalue weighted by molar-refractivity contribution is 0.0639. The van der Waals surface area contributed by atoms with E-state index >= 15 is 0 Å². The zero-order valence-electron chi connectivity index (χ0n) is 12.0. The van der Waals surface area contributed by atoms with Crippen LogP contribution in [0.4, 0.5) is 4.39 Å². The van der Waals surface area contributed by atoms with E-state index in [-0.39, 0.29) is 11.9 Å². The quantitative estimate of drug-likeness (QED) is 0.944. The maximum Gasteiger partial charge on any atom is 0.254 e. The van der Waals surface area contributed by atoms with Crippen LogP contribution >= 0.6 is 0 Å². The lowest BCUT2D eigenvalue weighted by Gasteiger charge is -2.26. The van der Waals surface area contributed by atoms with E-state index in [1.54, 1.807) is 23.4 Å². The Morgan fingerprint density at radius 1 is 1.32 bits per heavy atom. The van der Waals surface area contributed by atoms with E-state index in [0.717, 1.165) is 5.56 Å². The Kier molecular flexibility index (Phi) is 4.15. The van der Waals surface area contributed by atoms with Gasteiger partial charge in [0.25, 0.3) is 5.91 Å². The van der Waals surface area contributed by atoms with Crippen molar-refractivity contribution in [3.05, 3.63) is 65.7 Å². The van der Waals surface area contributed by atoms with Crippen molar-refractivity contribution in [3.63, 3.8) is 0 Å². The molecule has 2 atom stereocenters. The van der Waals surface area contributed by atoms with E-state index in [9.17, 15) is 14.3 Å². The van der Waals surface area contributed by atoms with Crippen molar-refractivity contribution in [1.82, 2.24) is 9.88 Å². The molecule has 0 radical (unpaired) electrons. The van der Waals surface area contributed by atoms with Gasteiger partial charge in [0, 0.05) is 24.5 Å². The van der Waals surface area contributed by atoms with Crippen molar-refractivity contribution in [1.29, 1.82) is 0 Å². The molecule has 1 saturated heterocycles. The van der Waals surface area contributed by atoms with Crippen LogP contribution in [0.25, 0.3) is 0 Å². The van der Waals surface area contributed by atoms with Gasteiger partial charge in [-0.2, -0.15) is 0 Å². The topological polar surface area (TPSA) is 53.4 Å². The molecule has 1 aliphatic rings. The Morgan fingerprint density at radius 3 is 2.82 bits per heavy atom. The normalized spacial score (nSPS) is 21.1. The number of aliphatic hydroxyl groups excluding tert-OH is 1. The van der Waals surface area contributed by atoms with Crippen molar-refractivity contribution in [3.8, 4) is 0 Å². The first-order valence-electron chi connectivity index (χ1n) is 7.28. The Bertz CT molecular complexity index is 663. The molecule has 1 amide bonds. The van der Waals surface area contributed by atoms with Crippen molar-refractivity contribution < 1.29 is 14.3 Å². The maximum atomic E-state index is 13.3. The standard InChI is InChI=1S/C17H17FN2O2/c18-14-3-1-2-13(11-14)17(22)20-9-6-16(21)15(20)10-12-4-7-19-8-5-12/h1-5,7-8,11,15-16,21H,6,9-10H2/t15-,16-/m1/s1. The molecule has 4 nitrogen and oxygen atoms in total. The fourth-order valence-corrected chi connectivity index (χ4v) is 2.88. The monoisotopic (exact) mass is 300 g/mol. The number of pyridine rings is 1. The third-order valence-corrected chi connectivity index (χ3v) is 4.04. The van der Waals surface area contributed by atoms with Gasteiger partial charge in [-0.15, -0.1) is 0 Å². The van der Waals surface area contributed by atoms with E-state index in [2.05, 4.69) is 4.98 Å². The van der Waals surface area contributed by atoms with E-state index in [0.29, 0.717) is 24.9 Å². The number of amides is 1. The molecule has 2 aromatic rings. The van der Waals surface area contributed by atoms with Gasteiger partial charge in [0.2, 0.25) is 0 Å². The molecule has 0 bridgehead atoms. The average molecular weight is 300 g/mol. The van der Waals surface area contributed by atoms with Crippen molar-refractivity contribution in [2.45, 2.75) is 25.0 Å². The minimum absolute atomic E-state index is 0.241. The number of benzene rings is 1. The molecule has 3 rings (SSSR count). The van der Waals surface area contributed by atoms with Crippen LogP contribution in [0.5, 0.6) is 0 Å². The van der Waals surface area contributed by atoms with Crippen LogP contribution in [0.15, 0.2) is 48.8 Å². The summed E-state index contributed by atoms with van der Waals surface area (Å²) in [4.78, 5) is 18.2. The summed E-state index contributed by atoms with van der Waals surface area (Å²) in [5.74, 6) is -0.675. The second-order valence-corrected chi connectivity index (χ2v) is 5.49. The lowest BCUT2D eigenvalue weighted by atomic mass is 10.0. The fourth-order valence-electron chi connectivity index (χ4n) is 2.88. The van der Waals surface area contributed by atoms with Crippen LogP contribution in [0.2, 0.25) is 0 Å². The number of aromatic nitrogens is 1. The summed E-state index contributed by atoms with van der Waals surface area (Å²) >= 11 is 0. The summed E-state index contributed by atoms with van der Waals surface area (Å²) in [6.07, 6.45) is 3.91. The average Bonchev–Trinajstić information content (AvgIpc) is 2.89. The minimum atomic E-state index is -0.564. The molecular weight excluding hydrogens is 283 g/mol. The third kappa shape index (κ3) is 2.99. The smallest absolute Gasteiger partial charge is 0.254 e. The third-order valence-electron chi connectivity index (χ3n) is 4.04. The highest BCUT2D eigenvalue weighted by Crippen LogP contribution is 2.24. The minimum Gasteiger partial charge on any atom is -0.391 e. The molecule has 114 valence electrons. The number of hydrogen-bond donors (Lipinski definition) is 1. The molecule has 2 heterocycles. The van der Waals surface area contributed by atoms with Gasteiger partial charge in [-0.3, -0.25) is 9.78 Å². The number of nitrogens with zero attached hydrogens (tertiary/aromatic N) is 2. The van der Waals surface area contributed by atoms with Gasteiger partial charge in [-0.25, -0.2) is 4.39 Å². The largest absolute Gasteiger partial charge is 0.391 e. The summed E-state index contributed by atoms with van der Waals surface area (Å²) in [5.41, 5.74) is 1.33. The van der Waals surface area contributed by atoms with Gasteiger partial charge in [0.1, 0.15) is 5.82 Å². The van der Waals surface area contributed by atoms with E-state index in [1.807, 2.05) is 12.1 Å². The van der Waals surface area contributed by atoms with Crippen molar-refractivity contribution in [2.75, 3.05) is 6.54 Å². The van der Waals surface area contributed by atoms with E-state index < -0.39 is 11.9 Å². The summed E-state index contributed by atoms with van der Waals surface area (Å²) in [5, 5.41) is 10.2. The number of carbonyl (C=O) groups excluding carboxylic acids is 1. The molecular formula is C17H17FN2O2. The number of rotatable bonds is 3. The Balaban J connectivity index is 1.81. The Morgan fingerprint density at radius 2 is 2.09 bits per heavy atom. The number of carbonyl (C=O) groups is 1. The van der Waals surface area contributed by atoms with Gasteiger partial charge in [0.15, 0.2) is 0 Å². The molecule has 0 unspecified atom stereocenters. The molecule has 22 heavy (non-hydrogen) atoms. The highest BCUT2D eigenvalue weighted by Gasteiger charge is 2.36. The summed E-state index contributed by atoms with van der Waals surface area (Å²) < 4.78 is 13.3. The van der Waals surface area contributed by atoms with E-state index in [1.165, 1.54) is 18.2 Å². The van der Waals surface area contributed by atoms with Crippen LogP contribution in [-0.2, 0) is 6.42 Å². The number of halogens is 1. The van der Waals surface area contributed by atoms with E-state index in [4.69, 9.17) is 0 Å². The lowest BCUT2D eigenvalue weighted by Crippen LogP contribution is -2.41.